The summed E-state index contributed by atoms with van der Waals surface area (Å²) in [6.07, 6.45) is -0.775. The summed E-state index contributed by atoms with van der Waals surface area (Å²) in [6, 6.07) is 16.9. The van der Waals surface area contributed by atoms with Crippen LogP contribution in [0.15, 0.2) is 71.7 Å². The van der Waals surface area contributed by atoms with Crippen LogP contribution in [-0.4, -0.2) is 17.9 Å². The molecule has 1 atom stereocenters. The Morgan fingerprint density at radius 1 is 1.10 bits per heavy atom. The molecule has 3 heteroatoms. The monoisotopic (exact) mass is 281 g/mol. The van der Waals surface area contributed by atoms with Gasteiger partial charge < -0.3 is 9.84 Å². The summed E-state index contributed by atoms with van der Waals surface area (Å²) >= 11 is 0. The van der Waals surface area contributed by atoms with E-state index in [1.807, 2.05) is 61.5 Å². The van der Waals surface area contributed by atoms with E-state index in [2.05, 4.69) is 11.6 Å². The van der Waals surface area contributed by atoms with Gasteiger partial charge in [-0.1, -0.05) is 36.9 Å². The molecule has 0 aliphatic carbocycles. The number of aliphatic hydroxyl groups is 1. The van der Waals surface area contributed by atoms with E-state index in [0.717, 1.165) is 17.0 Å². The average Bonchev–Trinajstić information content (AvgIpc) is 2.54. The van der Waals surface area contributed by atoms with Crippen LogP contribution in [0.4, 0.5) is 5.69 Å². The first-order valence-electron chi connectivity index (χ1n) is 6.73. The first-order chi connectivity index (χ1) is 10.1. The second-order valence-corrected chi connectivity index (χ2v) is 4.73. The summed E-state index contributed by atoms with van der Waals surface area (Å²) in [7, 11) is 1.61. The maximum absolute atomic E-state index is 10.4. The standard InChI is InChI=1S/C18H19NO2/c1-13(14(2)19-16-7-5-4-6-8-16)18(20)15-9-11-17(21-3)12-10-15/h4-12,18,20H,1H2,2-3H3/t18-/m0/s1. The van der Waals surface area contributed by atoms with Gasteiger partial charge in [0.25, 0.3) is 0 Å². The predicted molar refractivity (Wildman–Crippen MR) is 86.3 cm³/mol. The molecule has 0 unspecified atom stereocenters. The van der Waals surface area contributed by atoms with Crippen molar-refractivity contribution in [3.05, 3.63) is 72.3 Å². The van der Waals surface area contributed by atoms with E-state index in [1.54, 1.807) is 7.11 Å². The Balaban J connectivity index is 2.16. The van der Waals surface area contributed by atoms with Gasteiger partial charge in [-0.05, 0) is 42.3 Å². The third kappa shape index (κ3) is 3.80. The van der Waals surface area contributed by atoms with Crippen molar-refractivity contribution in [2.75, 3.05) is 7.11 Å². The number of nitrogens with zero attached hydrogens (tertiary/aromatic N) is 1. The lowest BCUT2D eigenvalue weighted by Crippen LogP contribution is -2.07. The minimum atomic E-state index is -0.775. The van der Waals surface area contributed by atoms with Gasteiger partial charge in [0.05, 0.1) is 12.8 Å². The van der Waals surface area contributed by atoms with E-state index in [-0.39, 0.29) is 0 Å². The highest BCUT2D eigenvalue weighted by atomic mass is 16.5. The highest BCUT2D eigenvalue weighted by Crippen LogP contribution is 2.24. The van der Waals surface area contributed by atoms with Gasteiger partial charge in [-0.3, -0.25) is 4.99 Å². The smallest absolute Gasteiger partial charge is 0.118 e. The molecule has 0 amide bonds. The molecule has 0 aliphatic rings. The number of rotatable bonds is 5. The summed E-state index contributed by atoms with van der Waals surface area (Å²) in [4.78, 5) is 4.47. The van der Waals surface area contributed by atoms with Crippen molar-refractivity contribution in [1.29, 1.82) is 0 Å². The molecule has 0 heterocycles. The molecule has 2 aromatic rings. The predicted octanol–water partition coefficient (Wildman–Crippen LogP) is 4.08. The van der Waals surface area contributed by atoms with Crippen molar-refractivity contribution >= 4 is 11.4 Å². The van der Waals surface area contributed by atoms with E-state index in [1.165, 1.54) is 0 Å². The van der Waals surface area contributed by atoms with Crippen LogP contribution in [0.1, 0.15) is 18.6 Å². The van der Waals surface area contributed by atoms with Crippen molar-refractivity contribution in [1.82, 2.24) is 0 Å². The van der Waals surface area contributed by atoms with Crippen LogP contribution in [0.5, 0.6) is 5.75 Å². The molecule has 0 aromatic heterocycles. The Morgan fingerprint density at radius 2 is 1.71 bits per heavy atom. The highest BCUT2D eigenvalue weighted by Gasteiger charge is 2.14. The van der Waals surface area contributed by atoms with E-state index < -0.39 is 6.10 Å². The number of aliphatic hydroxyl groups excluding tert-OH is 1. The molecule has 0 aliphatic heterocycles. The molecule has 0 saturated carbocycles. The topological polar surface area (TPSA) is 41.8 Å². The zero-order valence-corrected chi connectivity index (χ0v) is 12.3. The highest BCUT2D eigenvalue weighted by molar-refractivity contribution is 6.00. The zero-order chi connectivity index (χ0) is 15.2. The normalized spacial score (nSPS) is 12.8. The fourth-order valence-corrected chi connectivity index (χ4v) is 1.95. The number of benzene rings is 2. The molecule has 0 bridgehead atoms. The molecular formula is C18H19NO2. The number of aliphatic imine (C=N–C) groups is 1. The van der Waals surface area contributed by atoms with Gasteiger partial charge in [-0.15, -0.1) is 0 Å². The quantitative estimate of drug-likeness (QED) is 0.839. The Morgan fingerprint density at radius 3 is 2.29 bits per heavy atom. The van der Waals surface area contributed by atoms with Crippen molar-refractivity contribution in [2.24, 2.45) is 4.99 Å². The molecule has 2 rings (SSSR count). The second kappa shape index (κ2) is 6.86. The second-order valence-electron chi connectivity index (χ2n) is 4.73. The molecule has 108 valence electrons. The van der Waals surface area contributed by atoms with Crippen LogP contribution in [0, 0.1) is 0 Å². The Hall–Kier alpha value is -2.39. The van der Waals surface area contributed by atoms with Gasteiger partial charge >= 0.3 is 0 Å². The summed E-state index contributed by atoms with van der Waals surface area (Å²) in [5, 5.41) is 10.4. The number of hydrogen-bond acceptors (Lipinski definition) is 3. The van der Waals surface area contributed by atoms with Crippen molar-refractivity contribution < 1.29 is 9.84 Å². The maximum atomic E-state index is 10.4. The molecule has 1 N–H and O–H groups in total. The number of hydrogen-bond donors (Lipinski definition) is 1. The molecule has 0 fully saturated rings. The Kier molecular flexibility index (Phi) is 4.90. The van der Waals surface area contributed by atoms with Crippen molar-refractivity contribution in [2.45, 2.75) is 13.0 Å². The van der Waals surface area contributed by atoms with Gasteiger partial charge in [0.2, 0.25) is 0 Å². The summed E-state index contributed by atoms with van der Waals surface area (Å²) in [6.45, 7) is 5.81. The van der Waals surface area contributed by atoms with E-state index in [4.69, 9.17) is 4.74 Å². The molecular weight excluding hydrogens is 262 g/mol. The third-order valence-corrected chi connectivity index (χ3v) is 3.28. The fourth-order valence-electron chi connectivity index (χ4n) is 1.95. The van der Waals surface area contributed by atoms with Crippen LogP contribution in [0.2, 0.25) is 0 Å². The first-order valence-corrected chi connectivity index (χ1v) is 6.73. The fraction of sp³-hybridized carbons (Fsp3) is 0.167. The lowest BCUT2D eigenvalue weighted by atomic mass is 9.99. The average molecular weight is 281 g/mol. The summed E-state index contributed by atoms with van der Waals surface area (Å²) in [5.41, 5.74) is 2.91. The van der Waals surface area contributed by atoms with Gasteiger partial charge in [0, 0.05) is 5.71 Å². The summed E-state index contributed by atoms with van der Waals surface area (Å²) < 4.78 is 5.11. The van der Waals surface area contributed by atoms with Crippen LogP contribution in [0.25, 0.3) is 0 Å². The van der Waals surface area contributed by atoms with E-state index >= 15 is 0 Å². The van der Waals surface area contributed by atoms with E-state index in [9.17, 15) is 5.11 Å². The number of methoxy groups -OCH3 is 1. The molecule has 0 spiro atoms. The number of ether oxygens (including phenoxy) is 1. The maximum Gasteiger partial charge on any atom is 0.118 e. The third-order valence-electron chi connectivity index (χ3n) is 3.28. The largest absolute Gasteiger partial charge is 0.497 e. The zero-order valence-electron chi connectivity index (χ0n) is 12.3. The van der Waals surface area contributed by atoms with Gasteiger partial charge in [-0.2, -0.15) is 0 Å². The lowest BCUT2D eigenvalue weighted by Gasteiger charge is -2.14. The van der Waals surface area contributed by atoms with Gasteiger partial charge in [0.15, 0.2) is 0 Å². The molecule has 3 nitrogen and oxygen atoms in total. The van der Waals surface area contributed by atoms with E-state index in [0.29, 0.717) is 11.3 Å². The first kappa shape index (κ1) is 15.0. The van der Waals surface area contributed by atoms with Crippen molar-refractivity contribution in [3.8, 4) is 5.75 Å². The van der Waals surface area contributed by atoms with Crippen LogP contribution in [-0.2, 0) is 0 Å². The number of para-hydroxylation sites is 1. The van der Waals surface area contributed by atoms with Gasteiger partial charge in [0.1, 0.15) is 11.9 Å². The van der Waals surface area contributed by atoms with Crippen LogP contribution in [0.3, 0.4) is 0 Å². The minimum absolute atomic E-state index is 0.587. The van der Waals surface area contributed by atoms with Crippen LogP contribution < -0.4 is 4.74 Å². The Labute approximate surface area is 125 Å². The lowest BCUT2D eigenvalue weighted by molar-refractivity contribution is 0.222. The SMILES string of the molecule is C=C(C(C)=Nc1ccccc1)[C@H](O)c1ccc(OC)cc1. The van der Waals surface area contributed by atoms with Gasteiger partial charge in [-0.25, -0.2) is 0 Å². The van der Waals surface area contributed by atoms with Crippen molar-refractivity contribution in [3.63, 3.8) is 0 Å². The summed E-state index contributed by atoms with van der Waals surface area (Å²) in [5.74, 6) is 0.756. The minimum Gasteiger partial charge on any atom is -0.497 e. The van der Waals surface area contributed by atoms with Crippen LogP contribution >= 0.6 is 0 Å². The molecule has 0 radical (unpaired) electrons. The molecule has 2 aromatic carbocycles. The Bertz CT molecular complexity index is 630. The molecule has 21 heavy (non-hydrogen) atoms. The molecule has 0 saturated heterocycles.